The van der Waals surface area contributed by atoms with Gasteiger partial charge in [-0.15, -0.1) is 0 Å². The molecular formula is C15H25NO2. The monoisotopic (exact) mass is 251 g/mol. The second-order valence-electron chi connectivity index (χ2n) is 5.26. The molecule has 1 atom stereocenters. The summed E-state index contributed by atoms with van der Waals surface area (Å²) in [5.41, 5.74) is 0.330. The third kappa shape index (κ3) is 4.67. The van der Waals surface area contributed by atoms with E-state index in [1.54, 1.807) is 6.92 Å². The van der Waals surface area contributed by atoms with E-state index in [0.29, 0.717) is 19.1 Å². The minimum Gasteiger partial charge on any atom is -0.490 e. The largest absolute Gasteiger partial charge is 0.490 e. The maximum Gasteiger partial charge on any atom is 0.122 e. The van der Waals surface area contributed by atoms with E-state index in [0.717, 1.165) is 12.3 Å². The van der Waals surface area contributed by atoms with Gasteiger partial charge in [-0.25, -0.2) is 0 Å². The molecule has 18 heavy (non-hydrogen) atoms. The number of aliphatic hydroxyl groups is 1. The number of nitrogens with one attached hydrogen (secondary N) is 1. The van der Waals surface area contributed by atoms with Crippen molar-refractivity contribution < 1.29 is 9.84 Å². The first-order chi connectivity index (χ1) is 8.46. The zero-order valence-corrected chi connectivity index (χ0v) is 11.9. The third-order valence-corrected chi connectivity index (χ3v) is 2.84. The molecule has 1 rings (SSSR count). The molecule has 3 heteroatoms. The highest BCUT2D eigenvalue weighted by Crippen LogP contribution is 2.26. The molecule has 2 N–H and O–H groups in total. The molecule has 0 bridgehead atoms. The second-order valence-corrected chi connectivity index (χ2v) is 5.26. The first-order valence-corrected chi connectivity index (χ1v) is 6.61. The fourth-order valence-corrected chi connectivity index (χ4v) is 1.77. The van der Waals surface area contributed by atoms with Crippen molar-refractivity contribution in [3.63, 3.8) is 0 Å². The van der Waals surface area contributed by atoms with Gasteiger partial charge in [0.2, 0.25) is 0 Å². The Balaban J connectivity index is 2.63. The van der Waals surface area contributed by atoms with Crippen LogP contribution < -0.4 is 10.1 Å². The van der Waals surface area contributed by atoms with Crippen LogP contribution in [0.25, 0.3) is 0 Å². The van der Waals surface area contributed by atoms with Gasteiger partial charge in [0, 0.05) is 6.54 Å². The normalized spacial score (nSPS) is 14.6. The Morgan fingerprint density at radius 2 is 2.00 bits per heavy atom. The van der Waals surface area contributed by atoms with Crippen LogP contribution in [-0.2, 0) is 0 Å². The molecule has 0 saturated carbocycles. The van der Waals surface area contributed by atoms with Crippen molar-refractivity contribution >= 4 is 0 Å². The maximum atomic E-state index is 10.1. The summed E-state index contributed by atoms with van der Waals surface area (Å²) in [6.45, 7) is 9.76. The lowest BCUT2D eigenvalue weighted by atomic mass is 10.0. The quantitative estimate of drug-likeness (QED) is 0.782. The minimum atomic E-state index is -0.847. The molecular weight excluding hydrogens is 226 g/mol. The molecule has 0 heterocycles. The van der Waals surface area contributed by atoms with E-state index in [1.807, 2.05) is 25.1 Å². The number of benzene rings is 1. The van der Waals surface area contributed by atoms with Gasteiger partial charge in [0.25, 0.3) is 0 Å². The highest BCUT2D eigenvalue weighted by molar-refractivity contribution is 5.35. The smallest absolute Gasteiger partial charge is 0.122 e. The molecule has 1 unspecified atom stereocenters. The molecule has 0 spiro atoms. The lowest BCUT2D eigenvalue weighted by molar-refractivity contribution is 0.0124. The Morgan fingerprint density at radius 3 is 2.61 bits per heavy atom. The number of rotatable bonds is 7. The van der Waals surface area contributed by atoms with Crippen LogP contribution in [0.2, 0.25) is 0 Å². The van der Waals surface area contributed by atoms with E-state index < -0.39 is 5.60 Å². The van der Waals surface area contributed by atoms with Crippen LogP contribution in [0.1, 0.15) is 39.2 Å². The first kappa shape index (κ1) is 15.0. The molecule has 0 amide bonds. The van der Waals surface area contributed by atoms with Crippen molar-refractivity contribution in [1.82, 2.24) is 5.32 Å². The van der Waals surface area contributed by atoms with Crippen molar-refractivity contribution in [3.05, 3.63) is 29.8 Å². The van der Waals surface area contributed by atoms with E-state index in [9.17, 15) is 5.11 Å². The van der Waals surface area contributed by atoms with E-state index >= 15 is 0 Å². The molecule has 3 nitrogen and oxygen atoms in total. The average molecular weight is 251 g/mol. The topological polar surface area (TPSA) is 41.5 Å². The van der Waals surface area contributed by atoms with Gasteiger partial charge in [0.15, 0.2) is 0 Å². The van der Waals surface area contributed by atoms with Crippen LogP contribution >= 0.6 is 0 Å². The van der Waals surface area contributed by atoms with Gasteiger partial charge in [0.05, 0.1) is 0 Å². The predicted molar refractivity (Wildman–Crippen MR) is 75.2 cm³/mol. The first-order valence-electron chi connectivity index (χ1n) is 6.61. The van der Waals surface area contributed by atoms with E-state index in [1.165, 1.54) is 5.56 Å². The number of hydrogen-bond donors (Lipinski definition) is 2. The molecule has 1 aromatic carbocycles. The summed E-state index contributed by atoms with van der Waals surface area (Å²) in [6, 6.07) is 8.00. The van der Waals surface area contributed by atoms with Gasteiger partial charge in [-0.2, -0.15) is 0 Å². The van der Waals surface area contributed by atoms with Crippen LogP contribution in [-0.4, -0.2) is 30.4 Å². The molecule has 102 valence electrons. The van der Waals surface area contributed by atoms with E-state index in [-0.39, 0.29) is 0 Å². The average Bonchev–Trinajstić information content (AvgIpc) is 2.34. The SMILES string of the molecule is CCNCC(C)(O)COc1ccccc1C(C)C. The van der Waals surface area contributed by atoms with Crippen LogP contribution in [0.4, 0.5) is 0 Å². The number of ether oxygens (including phenoxy) is 1. The van der Waals surface area contributed by atoms with Gasteiger partial charge in [-0.3, -0.25) is 0 Å². The minimum absolute atomic E-state index is 0.295. The summed E-state index contributed by atoms with van der Waals surface area (Å²) in [4.78, 5) is 0. The third-order valence-electron chi connectivity index (χ3n) is 2.84. The summed E-state index contributed by atoms with van der Waals surface area (Å²) in [5.74, 6) is 1.28. The van der Waals surface area contributed by atoms with Crippen molar-refractivity contribution in [2.45, 2.75) is 39.2 Å². The number of para-hydroxylation sites is 1. The Morgan fingerprint density at radius 1 is 1.33 bits per heavy atom. The Labute approximate surface area is 110 Å². The zero-order valence-electron chi connectivity index (χ0n) is 11.9. The van der Waals surface area contributed by atoms with Crippen molar-refractivity contribution in [3.8, 4) is 5.75 Å². The number of hydrogen-bond acceptors (Lipinski definition) is 3. The van der Waals surface area contributed by atoms with Gasteiger partial charge >= 0.3 is 0 Å². The molecule has 0 aliphatic heterocycles. The van der Waals surface area contributed by atoms with Crippen LogP contribution in [0.5, 0.6) is 5.75 Å². The van der Waals surface area contributed by atoms with Crippen molar-refractivity contribution in [1.29, 1.82) is 0 Å². The molecule has 0 aliphatic rings. The summed E-state index contributed by atoms with van der Waals surface area (Å²) < 4.78 is 5.77. The van der Waals surface area contributed by atoms with E-state index in [4.69, 9.17) is 4.74 Å². The number of likely N-dealkylation sites (N-methyl/N-ethyl adjacent to an activating group) is 1. The standard InChI is InChI=1S/C15H25NO2/c1-5-16-10-15(4,17)11-18-14-9-7-6-8-13(14)12(2)3/h6-9,12,16-17H,5,10-11H2,1-4H3. The van der Waals surface area contributed by atoms with E-state index in [2.05, 4.69) is 25.2 Å². The van der Waals surface area contributed by atoms with Crippen LogP contribution in [0.3, 0.4) is 0 Å². The fourth-order valence-electron chi connectivity index (χ4n) is 1.77. The lowest BCUT2D eigenvalue weighted by Gasteiger charge is -2.25. The maximum absolute atomic E-state index is 10.1. The molecule has 0 radical (unpaired) electrons. The zero-order chi connectivity index (χ0) is 13.6. The Bertz CT molecular complexity index is 361. The summed E-state index contributed by atoms with van der Waals surface area (Å²) >= 11 is 0. The van der Waals surface area contributed by atoms with Gasteiger partial charge < -0.3 is 15.2 Å². The Kier molecular flexibility index (Phi) is 5.63. The summed E-state index contributed by atoms with van der Waals surface area (Å²) in [7, 11) is 0. The van der Waals surface area contributed by atoms with Crippen molar-refractivity contribution in [2.24, 2.45) is 0 Å². The van der Waals surface area contributed by atoms with Gasteiger partial charge in [0.1, 0.15) is 18.0 Å². The molecule has 0 aromatic heterocycles. The molecule has 1 aromatic rings. The highest BCUT2D eigenvalue weighted by Gasteiger charge is 2.21. The summed E-state index contributed by atoms with van der Waals surface area (Å²) in [6.07, 6.45) is 0. The molecule has 0 aliphatic carbocycles. The van der Waals surface area contributed by atoms with Crippen LogP contribution in [0, 0.1) is 0 Å². The second kappa shape index (κ2) is 6.76. The lowest BCUT2D eigenvalue weighted by Crippen LogP contribution is -2.42. The Hall–Kier alpha value is -1.06. The predicted octanol–water partition coefficient (Wildman–Crippen LogP) is 2.55. The fraction of sp³-hybridized carbons (Fsp3) is 0.600. The van der Waals surface area contributed by atoms with Gasteiger partial charge in [-0.05, 0) is 31.0 Å². The molecule has 0 fully saturated rings. The highest BCUT2D eigenvalue weighted by atomic mass is 16.5. The van der Waals surface area contributed by atoms with Crippen LogP contribution in [0.15, 0.2) is 24.3 Å². The van der Waals surface area contributed by atoms with Crippen molar-refractivity contribution in [2.75, 3.05) is 19.7 Å². The summed E-state index contributed by atoms with van der Waals surface area (Å²) in [5, 5.41) is 13.3. The van der Waals surface area contributed by atoms with Gasteiger partial charge in [-0.1, -0.05) is 39.0 Å². The molecule has 0 saturated heterocycles.